The molecule has 1 saturated heterocycles. The molecule has 0 aliphatic carbocycles. The van der Waals surface area contributed by atoms with Gasteiger partial charge in [0.1, 0.15) is 5.25 Å². The first-order valence-corrected chi connectivity index (χ1v) is 6.70. The maximum Gasteiger partial charge on any atom is 0.158 e. The van der Waals surface area contributed by atoms with Gasteiger partial charge < -0.3 is 5.73 Å². The molecule has 1 aliphatic rings. The van der Waals surface area contributed by atoms with Crippen molar-refractivity contribution in [3.8, 4) is 0 Å². The minimum absolute atomic E-state index is 0.284. The van der Waals surface area contributed by atoms with Crippen molar-refractivity contribution in [2.45, 2.75) is 24.6 Å². The summed E-state index contributed by atoms with van der Waals surface area (Å²) in [6.45, 7) is 0.385. The predicted octanol–water partition coefficient (Wildman–Crippen LogP) is 0.129. The second kappa shape index (κ2) is 3.61. The first kappa shape index (κ1) is 10.6. The zero-order valence-corrected chi connectivity index (χ0v) is 9.50. The molecule has 0 spiro atoms. The van der Waals surface area contributed by atoms with Gasteiger partial charge in [-0.3, -0.25) is 4.68 Å². The highest BCUT2D eigenvalue weighted by atomic mass is 32.2. The molecule has 0 bridgehead atoms. The molecule has 1 aromatic rings. The topological polar surface area (TPSA) is 78.0 Å². The zero-order valence-electron chi connectivity index (χ0n) is 8.68. The molecule has 1 atom stereocenters. The van der Waals surface area contributed by atoms with Gasteiger partial charge in [-0.25, -0.2) is 8.42 Å². The van der Waals surface area contributed by atoms with Crippen LogP contribution in [0, 0.1) is 0 Å². The number of aryl methyl sites for hydroxylation is 1. The summed E-state index contributed by atoms with van der Waals surface area (Å²) in [6.07, 6.45) is 1.42. The van der Waals surface area contributed by atoms with Gasteiger partial charge in [-0.2, -0.15) is 5.10 Å². The molecular weight excluding hydrogens is 214 g/mol. The summed E-state index contributed by atoms with van der Waals surface area (Å²) < 4.78 is 25.0. The molecule has 0 amide bonds. The predicted molar refractivity (Wildman–Crippen MR) is 56.9 cm³/mol. The highest BCUT2D eigenvalue weighted by Crippen LogP contribution is 2.33. The van der Waals surface area contributed by atoms with Crippen LogP contribution in [0.3, 0.4) is 0 Å². The van der Waals surface area contributed by atoms with Gasteiger partial charge in [-0.15, -0.1) is 0 Å². The third-order valence-electron chi connectivity index (χ3n) is 2.86. The van der Waals surface area contributed by atoms with Crippen molar-refractivity contribution in [3.05, 3.63) is 17.5 Å². The van der Waals surface area contributed by atoms with E-state index in [-0.39, 0.29) is 5.75 Å². The van der Waals surface area contributed by atoms with Crippen LogP contribution >= 0.6 is 0 Å². The van der Waals surface area contributed by atoms with E-state index < -0.39 is 15.1 Å². The molecule has 2 rings (SSSR count). The van der Waals surface area contributed by atoms with Crippen molar-refractivity contribution in [2.75, 3.05) is 5.75 Å². The van der Waals surface area contributed by atoms with Gasteiger partial charge in [-0.1, -0.05) is 0 Å². The molecule has 0 saturated carbocycles. The minimum atomic E-state index is -2.97. The fourth-order valence-electron chi connectivity index (χ4n) is 2.00. The van der Waals surface area contributed by atoms with Gasteiger partial charge in [0.05, 0.1) is 17.1 Å². The SMILES string of the molecule is Cn1nc(C2CCCS2(=O)=O)cc1CN. The number of hydrogen-bond acceptors (Lipinski definition) is 4. The van der Waals surface area contributed by atoms with E-state index >= 15 is 0 Å². The lowest BCUT2D eigenvalue weighted by Crippen LogP contribution is -2.08. The van der Waals surface area contributed by atoms with Crippen LogP contribution in [0.25, 0.3) is 0 Å². The molecule has 84 valence electrons. The van der Waals surface area contributed by atoms with Crippen molar-refractivity contribution in [2.24, 2.45) is 12.8 Å². The summed E-state index contributed by atoms with van der Waals surface area (Å²) in [5, 5.41) is 3.80. The molecule has 0 aromatic carbocycles. The van der Waals surface area contributed by atoms with Crippen LogP contribution in [0.2, 0.25) is 0 Å². The fourth-order valence-corrected chi connectivity index (χ4v) is 3.86. The minimum Gasteiger partial charge on any atom is -0.325 e. The quantitative estimate of drug-likeness (QED) is 0.781. The van der Waals surface area contributed by atoms with E-state index in [9.17, 15) is 8.42 Å². The monoisotopic (exact) mass is 229 g/mol. The van der Waals surface area contributed by atoms with Crippen molar-refractivity contribution in [1.82, 2.24) is 9.78 Å². The van der Waals surface area contributed by atoms with Crippen LogP contribution in [0.15, 0.2) is 6.07 Å². The third kappa shape index (κ3) is 1.79. The van der Waals surface area contributed by atoms with Crippen molar-refractivity contribution in [1.29, 1.82) is 0 Å². The van der Waals surface area contributed by atoms with Crippen molar-refractivity contribution >= 4 is 9.84 Å². The van der Waals surface area contributed by atoms with Gasteiger partial charge in [0, 0.05) is 13.6 Å². The van der Waals surface area contributed by atoms with Crippen molar-refractivity contribution < 1.29 is 8.42 Å². The van der Waals surface area contributed by atoms with Crippen LogP contribution in [0.5, 0.6) is 0 Å². The van der Waals surface area contributed by atoms with Gasteiger partial charge in [0.25, 0.3) is 0 Å². The van der Waals surface area contributed by atoms with Crippen molar-refractivity contribution in [3.63, 3.8) is 0 Å². The molecule has 2 heterocycles. The molecular formula is C9H15N3O2S. The molecule has 0 radical (unpaired) electrons. The molecule has 5 nitrogen and oxygen atoms in total. The lowest BCUT2D eigenvalue weighted by molar-refractivity contribution is 0.589. The van der Waals surface area contributed by atoms with Gasteiger partial charge >= 0.3 is 0 Å². The average Bonchev–Trinajstić information content (AvgIpc) is 2.68. The second-order valence-electron chi connectivity index (χ2n) is 3.89. The van der Waals surface area contributed by atoms with E-state index in [1.54, 1.807) is 17.8 Å². The number of nitrogens with two attached hydrogens (primary N) is 1. The second-order valence-corrected chi connectivity index (χ2v) is 6.19. The molecule has 2 N–H and O–H groups in total. The maximum atomic E-state index is 11.7. The summed E-state index contributed by atoms with van der Waals surface area (Å²) in [4.78, 5) is 0. The fraction of sp³-hybridized carbons (Fsp3) is 0.667. The van der Waals surface area contributed by atoms with E-state index in [1.165, 1.54) is 0 Å². The molecule has 1 aromatic heterocycles. The van der Waals surface area contributed by atoms with Gasteiger partial charge in [-0.05, 0) is 18.9 Å². The Morgan fingerprint density at radius 1 is 1.67 bits per heavy atom. The number of aromatic nitrogens is 2. The Balaban J connectivity index is 2.38. The molecule has 1 fully saturated rings. The Morgan fingerprint density at radius 3 is 2.87 bits per heavy atom. The van der Waals surface area contributed by atoms with Gasteiger partial charge in [0.15, 0.2) is 9.84 Å². The first-order chi connectivity index (χ1) is 7.04. The molecule has 6 heteroatoms. The van der Waals surface area contributed by atoms with Crippen LogP contribution in [0.1, 0.15) is 29.5 Å². The Kier molecular flexibility index (Phi) is 2.56. The largest absolute Gasteiger partial charge is 0.325 e. The highest BCUT2D eigenvalue weighted by Gasteiger charge is 2.34. The smallest absolute Gasteiger partial charge is 0.158 e. The summed E-state index contributed by atoms with van der Waals surface area (Å²) >= 11 is 0. The van der Waals surface area contributed by atoms with E-state index in [0.717, 1.165) is 12.1 Å². The average molecular weight is 229 g/mol. The Labute approximate surface area is 89.2 Å². The lowest BCUT2D eigenvalue weighted by atomic mass is 10.2. The number of hydrogen-bond donors (Lipinski definition) is 1. The summed E-state index contributed by atoms with van der Waals surface area (Å²) in [6, 6.07) is 1.80. The first-order valence-electron chi connectivity index (χ1n) is 4.99. The lowest BCUT2D eigenvalue weighted by Gasteiger charge is -2.04. The Bertz CT molecular complexity index is 464. The molecule has 1 aliphatic heterocycles. The number of sulfone groups is 1. The normalized spacial score (nSPS) is 24.5. The van der Waals surface area contributed by atoms with E-state index in [1.807, 2.05) is 0 Å². The highest BCUT2D eigenvalue weighted by molar-refractivity contribution is 7.91. The van der Waals surface area contributed by atoms with E-state index in [0.29, 0.717) is 18.7 Å². The Morgan fingerprint density at radius 2 is 2.40 bits per heavy atom. The summed E-state index contributed by atoms with van der Waals surface area (Å²) in [5.41, 5.74) is 7.04. The van der Waals surface area contributed by atoms with Crippen LogP contribution < -0.4 is 5.73 Å². The third-order valence-corrected chi connectivity index (χ3v) is 5.07. The number of rotatable bonds is 2. The molecule has 1 unspecified atom stereocenters. The zero-order chi connectivity index (χ0) is 11.1. The van der Waals surface area contributed by atoms with Crippen LogP contribution in [0.4, 0.5) is 0 Å². The summed E-state index contributed by atoms with van der Waals surface area (Å²) in [7, 11) is -1.18. The Hall–Kier alpha value is -0.880. The number of nitrogens with zero attached hydrogens (tertiary/aromatic N) is 2. The van der Waals surface area contributed by atoms with Crippen LogP contribution in [-0.4, -0.2) is 24.0 Å². The maximum absolute atomic E-state index is 11.7. The van der Waals surface area contributed by atoms with Crippen LogP contribution in [-0.2, 0) is 23.4 Å². The molecule has 15 heavy (non-hydrogen) atoms. The van der Waals surface area contributed by atoms with Gasteiger partial charge in [0.2, 0.25) is 0 Å². The summed E-state index contributed by atoms with van der Waals surface area (Å²) in [5.74, 6) is 0.284. The standard InChI is InChI=1S/C9H15N3O2S/c1-12-7(6-10)5-8(11-12)9-3-2-4-15(9,13)14/h5,9H,2-4,6,10H2,1H3. The van der Waals surface area contributed by atoms with E-state index in [2.05, 4.69) is 5.10 Å². The van der Waals surface area contributed by atoms with E-state index in [4.69, 9.17) is 5.73 Å².